The van der Waals surface area contributed by atoms with E-state index in [-0.39, 0.29) is 23.4 Å². The van der Waals surface area contributed by atoms with Crippen molar-refractivity contribution in [1.29, 1.82) is 0 Å². The Hall–Kier alpha value is -2.79. The Bertz CT molecular complexity index is 1570. The molecule has 8 nitrogen and oxygen atoms in total. The summed E-state index contributed by atoms with van der Waals surface area (Å²) in [6.45, 7) is 0.964. The van der Waals surface area contributed by atoms with Crippen molar-refractivity contribution in [2.75, 3.05) is 18.4 Å². The van der Waals surface area contributed by atoms with Crippen molar-refractivity contribution in [1.82, 2.24) is 18.8 Å². The molecule has 1 aliphatic carbocycles. The first-order chi connectivity index (χ1) is 16.3. The number of anilines is 1. The number of fused-ring (bicyclic) bond motifs is 2. The number of aromatic nitrogens is 3. The zero-order chi connectivity index (χ0) is 23.6. The molecule has 0 radical (unpaired) electrons. The summed E-state index contributed by atoms with van der Waals surface area (Å²) in [6.07, 6.45) is 1.69. The van der Waals surface area contributed by atoms with Crippen LogP contribution >= 0.6 is 22.9 Å². The summed E-state index contributed by atoms with van der Waals surface area (Å²) in [4.78, 5) is 22.1. The van der Waals surface area contributed by atoms with E-state index in [2.05, 4.69) is 15.3 Å². The lowest BCUT2D eigenvalue weighted by atomic mass is 10.1. The number of benzene rings is 1. The highest BCUT2D eigenvalue weighted by Gasteiger charge is 2.58. The topological polar surface area (TPSA) is 97.2 Å². The van der Waals surface area contributed by atoms with Crippen molar-refractivity contribution in [3.63, 3.8) is 0 Å². The molecule has 3 aromatic heterocycles. The van der Waals surface area contributed by atoms with E-state index >= 15 is 0 Å². The van der Waals surface area contributed by atoms with E-state index in [0.29, 0.717) is 45.0 Å². The SMILES string of the molecule is Cn1c(=O)c(-c2ccccc2Cl)cc2cnc(NC3C4CN(S(=O)(=O)c5cccs5)CC43)nc21. The molecule has 6 rings (SSSR count). The lowest BCUT2D eigenvalue weighted by molar-refractivity contribution is 0.437. The average Bonchev–Trinajstić information content (AvgIpc) is 3.26. The molecule has 11 heteroatoms. The smallest absolute Gasteiger partial charge is 0.259 e. The molecule has 0 spiro atoms. The Morgan fingerprint density at radius 1 is 1.12 bits per heavy atom. The molecule has 1 saturated carbocycles. The highest BCUT2D eigenvalue weighted by Crippen LogP contribution is 2.48. The van der Waals surface area contributed by atoms with E-state index in [9.17, 15) is 13.2 Å². The van der Waals surface area contributed by atoms with E-state index in [1.165, 1.54) is 15.9 Å². The minimum Gasteiger partial charge on any atom is -0.351 e. The van der Waals surface area contributed by atoms with Crippen LogP contribution in [0.2, 0.25) is 5.02 Å². The fraction of sp³-hybridized carbons (Fsp3) is 0.261. The quantitative estimate of drug-likeness (QED) is 0.439. The molecule has 0 bridgehead atoms. The van der Waals surface area contributed by atoms with Gasteiger partial charge in [-0.05, 0) is 35.4 Å². The van der Waals surface area contributed by atoms with E-state index in [4.69, 9.17) is 11.6 Å². The van der Waals surface area contributed by atoms with Crippen LogP contribution in [0.3, 0.4) is 0 Å². The van der Waals surface area contributed by atoms with Crippen LogP contribution in [0.4, 0.5) is 5.95 Å². The van der Waals surface area contributed by atoms with Crippen LogP contribution in [0, 0.1) is 11.8 Å². The molecule has 1 aromatic carbocycles. The van der Waals surface area contributed by atoms with Gasteiger partial charge in [0.1, 0.15) is 9.86 Å². The first-order valence-corrected chi connectivity index (χ1v) is 13.5. The van der Waals surface area contributed by atoms with Gasteiger partial charge in [0.2, 0.25) is 5.95 Å². The molecule has 4 aromatic rings. The van der Waals surface area contributed by atoms with Crippen molar-refractivity contribution in [2.24, 2.45) is 18.9 Å². The maximum atomic E-state index is 13.0. The molecule has 4 heterocycles. The summed E-state index contributed by atoms with van der Waals surface area (Å²) in [5, 5.41) is 6.35. The van der Waals surface area contributed by atoms with Crippen molar-refractivity contribution < 1.29 is 8.42 Å². The Balaban J connectivity index is 1.22. The monoisotopic (exact) mass is 513 g/mol. The number of halogens is 1. The molecule has 0 amide bonds. The van der Waals surface area contributed by atoms with Crippen molar-refractivity contribution >= 4 is 49.9 Å². The van der Waals surface area contributed by atoms with E-state index in [1.54, 1.807) is 47.2 Å². The van der Waals surface area contributed by atoms with Gasteiger partial charge in [0, 0.05) is 53.9 Å². The second kappa shape index (κ2) is 7.88. The van der Waals surface area contributed by atoms with Crippen molar-refractivity contribution in [3.05, 3.63) is 69.4 Å². The predicted octanol–water partition coefficient (Wildman–Crippen LogP) is 3.44. The molecule has 2 atom stereocenters. The summed E-state index contributed by atoms with van der Waals surface area (Å²) in [5.41, 5.74) is 1.49. The zero-order valence-electron chi connectivity index (χ0n) is 18.1. The number of thiophene rings is 1. The van der Waals surface area contributed by atoms with Crippen molar-refractivity contribution in [3.8, 4) is 11.1 Å². The van der Waals surface area contributed by atoms with Crippen LogP contribution in [0.5, 0.6) is 0 Å². The van der Waals surface area contributed by atoms with Gasteiger partial charge in [0.15, 0.2) is 0 Å². The summed E-state index contributed by atoms with van der Waals surface area (Å²) in [6, 6.07) is 12.5. The Kier molecular flexibility index (Phi) is 5.03. The molecule has 2 aliphatic rings. The van der Waals surface area contributed by atoms with Crippen LogP contribution in [0.15, 0.2) is 63.0 Å². The van der Waals surface area contributed by atoms with Crippen LogP contribution in [-0.2, 0) is 17.1 Å². The third-order valence-electron chi connectivity index (χ3n) is 6.66. The summed E-state index contributed by atoms with van der Waals surface area (Å²) < 4.78 is 28.9. The third-order valence-corrected chi connectivity index (χ3v) is 10.2. The normalized spacial score (nSPS) is 22.1. The van der Waals surface area contributed by atoms with Gasteiger partial charge in [-0.2, -0.15) is 9.29 Å². The molecule has 1 N–H and O–H groups in total. The van der Waals surface area contributed by atoms with Gasteiger partial charge in [-0.25, -0.2) is 13.4 Å². The highest BCUT2D eigenvalue weighted by atomic mass is 35.5. The summed E-state index contributed by atoms with van der Waals surface area (Å²) >= 11 is 7.55. The number of piperidine rings is 1. The molecule has 2 fully saturated rings. The lowest BCUT2D eigenvalue weighted by Crippen LogP contribution is -2.33. The van der Waals surface area contributed by atoms with E-state index < -0.39 is 10.0 Å². The molecule has 2 unspecified atom stereocenters. The van der Waals surface area contributed by atoms with Gasteiger partial charge in [-0.3, -0.25) is 9.36 Å². The van der Waals surface area contributed by atoms with Gasteiger partial charge in [-0.1, -0.05) is 35.9 Å². The standard InChI is InChI=1S/C23H20ClN5O3S2/c1-28-21-13(9-15(22(28)30)14-5-2-3-6-18(14)24)10-25-23(27-21)26-20-16-11-29(12-17(16)20)34(31,32)19-7-4-8-33-19/h2-10,16-17,20H,11-12H2,1H3,(H,25,26,27). The summed E-state index contributed by atoms with van der Waals surface area (Å²) in [5.74, 6) is 0.876. The minimum atomic E-state index is -3.42. The predicted molar refractivity (Wildman–Crippen MR) is 133 cm³/mol. The number of nitrogens with zero attached hydrogens (tertiary/aromatic N) is 4. The van der Waals surface area contributed by atoms with Gasteiger partial charge < -0.3 is 5.32 Å². The number of sulfonamides is 1. The zero-order valence-corrected chi connectivity index (χ0v) is 20.4. The number of pyridine rings is 1. The average molecular weight is 514 g/mol. The molecule has 174 valence electrons. The van der Waals surface area contributed by atoms with E-state index in [0.717, 1.165) is 5.39 Å². The molecular weight excluding hydrogens is 494 g/mol. The second-order valence-corrected chi connectivity index (χ2v) is 12.1. The Labute approximate surface area is 204 Å². The highest BCUT2D eigenvalue weighted by molar-refractivity contribution is 7.91. The first kappa shape index (κ1) is 21.7. The van der Waals surface area contributed by atoms with Gasteiger partial charge in [0.25, 0.3) is 15.6 Å². The number of hydrogen-bond acceptors (Lipinski definition) is 7. The molecule has 1 saturated heterocycles. The number of aryl methyl sites for hydroxylation is 1. The third kappa shape index (κ3) is 3.44. The Morgan fingerprint density at radius 3 is 2.59 bits per heavy atom. The number of nitrogens with one attached hydrogen (secondary N) is 1. The number of hydrogen-bond donors (Lipinski definition) is 1. The van der Waals surface area contributed by atoms with E-state index in [1.807, 2.05) is 18.2 Å². The Morgan fingerprint density at radius 2 is 1.88 bits per heavy atom. The molecular formula is C23H20ClN5O3S2. The first-order valence-electron chi connectivity index (χ1n) is 10.8. The fourth-order valence-corrected chi connectivity index (χ4v) is 7.67. The van der Waals surface area contributed by atoms with Gasteiger partial charge in [0.05, 0.1) is 0 Å². The van der Waals surface area contributed by atoms with Gasteiger partial charge in [-0.15, -0.1) is 11.3 Å². The van der Waals surface area contributed by atoms with Crippen molar-refractivity contribution in [2.45, 2.75) is 10.3 Å². The molecule has 34 heavy (non-hydrogen) atoms. The van der Waals surface area contributed by atoms with Crippen LogP contribution in [-0.4, -0.2) is 46.4 Å². The maximum absolute atomic E-state index is 13.0. The lowest BCUT2D eigenvalue weighted by Gasteiger charge is -2.19. The maximum Gasteiger partial charge on any atom is 0.259 e. The van der Waals surface area contributed by atoms with Crippen LogP contribution < -0.4 is 10.9 Å². The minimum absolute atomic E-state index is 0.117. The van der Waals surface area contributed by atoms with Crippen LogP contribution in [0.25, 0.3) is 22.2 Å². The molecule has 1 aliphatic heterocycles. The number of rotatable bonds is 5. The van der Waals surface area contributed by atoms with Gasteiger partial charge >= 0.3 is 0 Å². The summed E-state index contributed by atoms with van der Waals surface area (Å²) in [7, 11) is -1.74. The largest absolute Gasteiger partial charge is 0.351 e. The fourth-order valence-electron chi connectivity index (χ4n) is 4.77. The van der Waals surface area contributed by atoms with Crippen LogP contribution in [0.1, 0.15) is 0 Å². The second-order valence-electron chi connectivity index (χ2n) is 8.63.